The van der Waals surface area contributed by atoms with Crippen LogP contribution in [0.25, 0.3) is 0 Å². The number of hydrogen-bond donors (Lipinski definition) is 4. The highest BCUT2D eigenvalue weighted by Gasteiger charge is 2.27. The third kappa shape index (κ3) is 9.38. The minimum absolute atomic E-state index is 0.107. The van der Waals surface area contributed by atoms with Gasteiger partial charge < -0.3 is 26.2 Å². The summed E-state index contributed by atoms with van der Waals surface area (Å²) in [7, 11) is 0. The number of ether oxygens (including phenoxy) is 1. The largest absolute Gasteiger partial charge is 0.445 e. The van der Waals surface area contributed by atoms with Crippen LogP contribution < -0.4 is 16.4 Å². The van der Waals surface area contributed by atoms with E-state index < -0.39 is 24.3 Å². The van der Waals surface area contributed by atoms with Crippen molar-refractivity contribution in [3.8, 4) is 0 Å². The van der Waals surface area contributed by atoms with E-state index >= 15 is 0 Å². The van der Waals surface area contributed by atoms with Crippen molar-refractivity contribution < 1.29 is 19.4 Å². The van der Waals surface area contributed by atoms with Crippen LogP contribution in [0.4, 0.5) is 10.5 Å². The molecule has 0 bridgehead atoms. The summed E-state index contributed by atoms with van der Waals surface area (Å²) in [5.74, 6) is -0.377. The van der Waals surface area contributed by atoms with Crippen molar-refractivity contribution >= 4 is 29.3 Å². The van der Waals surface area contributed by atoms with Gasteiger partial charge in [0.2, 0.25) is 0 Å². The molecular weight excluding hydrogens is 538 g/mol. The maximum absolute atomic E-state index is 13.2. The number of nitrogens with two attached hydrogens (primary N) is 1. The number of amides is 2. The Bertz CT molecular complexity index is 1400. The molecule has 2 amide bonds. The number of aliphatic hydroxyl groups is 1. The quantitative estimate of drug-likeness (QED) is 0.166. The maximum Gasteiger partial charge on any atom is 0.407 e. The highest BCUT2D eigenvalue weighted by atomic mass is 35.5. The van der Waals surface area contributed by atoms with Crippen LogP contribution in [0.15, 0.2) is 109 Å². The molecule has 0 saturated carbocycles. The number of anilines is 1. The first-order valence-corrected chi connectivity index (χ1v) is 13.8. The first kappa shape index (κ1) is 29.6. The van der Waals surface area contributed by atoms with Crippen LogP contribution in [0.2, 0.25) is 5.02 Å². The lowest BCUT2D eigenvalue weighted by atomic mass is 9.93. The molecule has 8 heteroatoms. The van der Waals surface area contributed by atoms with Crippen LogP contribution in [-0.2, 0) is 24.2 Å². The summed E-state index contributed by atoms with van der Waals surface area (Å²) in [6.07, 6.45) is -0.629. The van der Waals surface area contributed by atoms with E-state index in [-0.39, 0.29) is 29.5 Å². The second kappa shape index (κ2) is 14.9. The predicted octanol–water partition coefficient (Wildman–Crippen LogP) is 5.55. The van der Waals surface area contributed by atoms with Gasteiger partial charge in [0.05, 0.1) is 22.7 Å². The second-order valence-corrected chi connectivity index (χ2v) is 10.3. The van der Waals surface area contributed by atoms with Crippen molar-refractivity contribution in [3.05, 3.63) is 136 Å². The zero-order chi connectivity index (χ0) is 29.0. The van der Waals surface area contributed by atoms with Gasteiger partial charge in [-0.15, -0.1) is 0 Å². The number of nitrogens with one attached hydrogen (secondary N) is 2. The number of aliphatic hydroxyl groups excluding tert-OH is 1. The Labute approximate surface area is 245 Å². The number of alkyl carbamates (subject to hydrolysis) is 1. The molecule has 0 unspecified atom stereocenters. The van der Waals surface area contributed by atoms with Gasteiger partial charge in [-0.3, -0.25) is 4.79 Å². The summed E-state index contributed by atoms with van der Waals surface area (Å²) in [4.78, 5) is 26.0. The van der Waals surface area contributed by atoms with Crippen molar-refractivity contribution in [2.75, 3.05) is 5.73 Å². The molecule has 5 N–H and O–H groups in total. The van der Waals surface area contributed by atoms with E-state index in [1.807, 2.05) is 91.0 Å². The average Bonchev–Trinajstić information content (AvgIpc) is 2.97. The Hall–Kier alpha value is -4.33. The zero-order valence-corrected chi connectivity index (χ0v) is 23.3. The van der Waals surface area contributed by atoms with Crippen LogP contribution in [0.3, 0.4) is 0 Å². The molecular formula is C33H34ClN3O4. The highest BCUT2D eigenvalue weighted by Crippen LogP contribution is 2.20. The van der Waals surface area contributed by atoms with Gasteiger partial charge in [0.1, 0.15) is 6.61 Å². The van der Waals surface area contributed by atoms with Gasteiger partial charge in [0.15, 0.2) is 0 Å². The Kier molecular flexibility index (Phi) is 10.8. The summed E-state index contributed by atoms with van der Waals surface area (Å²) >= 11 is 6.29. The van der Waals surface area contributed by atoms with E-state index in [0.29, 0.717) is 18.5 Å². The van der Waals surface area contributed by atoms with E-state index in [9.17, 15) is 14.7 Å². The molecule has 0 spiro atoms. The molecule has 4 aromatic rings. The second-order valence-electron chi connectivity index (χ2n) is 9.90. The number of hydrogen-bond acceptors (Lipinski definition) is 5. The molecule has 0 aromatic heterocycles. The predicted molar refractivity (Wildman–Crippen MR) is 162 cm³/mol. The Balaban J connectivity index is 1.50. The molecule has 41 heavy (non-hydrogen) atoms. The van der Waals surface area contributed by atoms with Crippen LogP contribution >= 0.6 is 11.6 Å². The topological polar surface area (TPSA) is 114 Å². The van der Waals surface area contributed by atoms with Gasteiger partial charge in [-0.1, -0.05) is 103 Å². The molecule has 0 aliphatic heterocycles. The van der Waals surface area contributed by atoms with E-state index in [0.717, 1.165) is 16.7 Å². The van der Waals surface area contributed by atoms with Crippen molar-refractivity contribution in [1.82, 2.24) is 10.6 Å². The van der Waals surface area contributed by atoms with Gasteiger partial charge in [0, 0.05) is 11.7 Å². The van der Waals surface area contributed by atoms with E-state index in [1.54, 1.807) is 12.1 Å². The minimum Gasteiger partial charge on any atom is -0.445 e. The van der Waals surface area contributed by atoms with E-state index in [1.165, 1.54) is 6.07 Å². The molecule has 0 radical (unpaired) electrons. The van der Waals surface area contributed by atoms with Gasteiger partial charge in [-0.05, 0) is 54.2 Å². The third-order valence-electron chi connectivity index (χ3n) is 6.70. The molecule has 3 atom stereocenters. The number of rotatable bonds is 12. The smallest absolute Gasteiger partial charge is 0.407 e. The molecule has 0 aliphatic rings. The molecule has 0 heterocycles. The lowest BCUT2D eigenvalue weighted by Crippen LogP contribution is -2.48. The maximum atomic E-state index is 13.2. The van der Waals surface area contributed by atoms with Crippen LogP contribution in [0.1, 0.15) is 33.5 Å². The number of halogens is 1. The van der Waals surface area contributed by atoms with Crippen LogP contribution in [-0.4, -0.2) is 35.3 Å². The number of benzene rings is 4. The average molecular weight is 572 g/mol. The normalized spacial score (nSPS) is 13.0. The molecule has 0 fully saturated rings. The molecule has 0 aliphatic carbocycles. The summed E-state index contributed by atoms with van der Waals surface area (Å²) in [6.45, 7) is 0.107. The first-order valence-electron chi connectivity index (χ1n) is 13.5. The Morgan fingerprint density at radius 2 is 1.34 bits per heavy atom. The number of nitrogen functional groups attached to an aromatic ring is 1. The minimum atomic E-state index is -1.00. The van der Waals surface area contributed by atoms with Gasteiger partial charge in [0.25, 0.3) is 5.91 Å². The van der Waals surface area contributed by atoms with E-state index in [4.69, 9.17) is 22.1 Å². The van der Waals surface area contributed by atoms with Crippen molar-refractivity contribution in [2.45, 2.75) is 44.1 Å². The summed E-state index contributed by atoms with van der Waals surface area (Å²) in [5.41, 5.74) is 9.33. The molecule has 7 nitrogen and oxygen atoms in total. The molecule has 4 aromatic carbocycles. The van der Waals surface area contributed by atoms with E-state index in [2.05, 4.69) is 10.6 Å². The first-order chi connectivity index (χ1) is 19.9. The fraction of sp³-hybridized carbons (Fsp3) is 0.212. The fourth-order valence-electron chi connectivity index (χ4n) is 4.59. The van der Waals surface area contributed by atoms with Crippen LogP contribution in [0, 0.1) is 0 Å². The van der Waals surface area contributed by atoms with Crippen molar-refractivity contribution in [2.24, 2.45) is 0 Å². The van der Waals surface area contributed by atoms with Crippen molar-refractivity contribution in [1.29, 1.82) is 0 Å². The number of carbonyl (C=O) groups excluding carboxylic acids is 2. The van der Waals surface area contributed by atoms with Gasteiger partial charge in [-0.25, -0.2) is 4.79 Å². The summed E-state index contributed by atoms with van der Waals surface area (Å²) in [5, 5.41) is 17.6. The molecule has 4 rings (SSSR count). The zero-order valence-electron chi connectivity index (χ0n) is 22.6. The van der Waals surface area contributed by atoms with Crippen molar-refractivity contribution in [3.63, 3.8) is 0 Å². The Morgan fingerprint density at radius 3 is 1.93 bits per heavy atom. The lowest BCUT2D eigenvalue weighted by molar-refractivity contribution is 0.0813. The standard InChI is InChI=1S/C33H34ClN3O4/c34-29-20-26(35)16-17-28(29)32(39)36-27(18-23-10-4-1-5-11-23)21-31(38)30(19-24-12-6-2-7-13-24)37-33(40)41-22-25-14-8-3-9-15-25/h1-17,20,27,30-31,38H,18-19,21-22,35H2,(H,36,39)(H,37,40)/t27-,30-,31-/m0/s1. The molecule has 212 valence electrons. The van der Waals surface area contributed by atoms with Gasteiger partial charge >= 0.3 is 6.09 Å². The summed E-state index contributed by atoms with van der Waals surface area (Å²) < 4.78 is 5.44. The van der Waals surface area contributed by atoms with Gasteiger partial charge in [-0.2, -0.15) is 0 Å². The number of carbonyl (C=O) groups is 2. The highest BCUT2D eigenvalue weighted by molar-refractivity contribution is 6.34. The Morgan fingerprint density at radius 1 is 0.780 bits per heavy atom. The third-order valence-corrected chi connectivity index (χ3v) is 7.02. The lowest BCUT2D eigenvalue weighted by Gasteiger charge is -2.28. The molecule has 0 saturated heterocycles. The SMILES string of the molecule is Nc1ccc(C(=O)N[C@@H](Cc2ccccc2)C[C@H](O)[C@H](Cc2ccccc2)NC(=O)OCc2ccccc2)c(Cl)c1. The fourth-order valence-corrected chi connectivity index (χ4v) is 4.87. The monoisotopic (exact) mass is 571 g/mol. The van der Waals surface area contributed by atoms with Crippen LogP contribution in [0.5, 0.6) is 0 Å². The summed E-state index contributed by atoms with van der Waals surface area (Å²) in [6, 6.07) is 32.2.